The van der Waals surface area contributed by atoms with Crippen molar-refractivity contribution >= 4 is 17.2 Å². The van der Waals surface area contributed by atoms with Gasteiger partial charge in [-0.2, -0.15) is 0 Å². The van der Waals surface area contributed by atoms with Gasteiger partial charge in [-0.15, -0.1) is 11.3 Å². The number of piperidine rings is 1. The first-order chi connectivity index (χ1) is 11.2. The molecule has 1 aliphatic heterocycles. The van der Waals surface area contributed by atoms with Crippen LogP contribution in [0.25, 0.3) is 11.3 Å². The van der Waals surface area contributed by atoms with Crippen molar-refractivity contribution in [2.24, 2.45) is 0 Å². The Kier molecular flexibility index (Phi) is 5.41. The Morgan fingerprint density at radius 2 is 2.00 bits per heavy atom. The van der Waals surface area contributed by atoms with E-state index in [2.05, 4.69) is 22.1 Å². The van der Waals surface area contributed by atoms with Gasteiger partial charge in [0.15, 0.2) is 0 Å². The average Bonchev–Trinajstić information content (AvgIpc) is 3.06. The summed E-state index contributed by atoms with van der Waals surface area (Å²) in [6.07, 6.45) is 3.87. The monoisotopic (exact) mass is 329 g/mol. The maximum atomic E-state index is 12.6. The lowest BCUT2D eigenvalue weighted by atomic mass is 10.1. The van der Waals surface area contributed by atoms with Crippen LogP contribution in [0.4, 0.5) is 0 Å². The Bertz CT molecular complexity index is 635. The van der Waals surface area contributed by atoms with Crippen molar-refractivity contribution in [3.8, 4) is 11.3 Å². The number of hydrogen-bond acceptors (Lipinski definition) is 4. The van der Waals surface area contributed by atoms with Gasteiger partial charge in [0.05, 0.1) is 11.2 Å². The maximum absolute atomic E-state index is 12.6. The lowest BCUT2D eigenvalue weighted by molar-refractivity contribution is 0.0930. The summed E-state index contributed by atoms with van der Waals surface area (Å²) in [6, 6.07) is 10.0. The molecule has 1 aromatic heterocycles. The van der Waals surface area contributed by atoms with Gasteiger partial charge in [0.2, 0.25) is 0 Å². The third-order valence-corrected chi connectivity index (χ3v) is 5.00. The van der Waals surface area contributed by atoms with Crippen LogP contribution < -0.4 is 5.32 Å². The first-order valence-electron chi connectivity index (χ1n) is 8.26. The molecule has 5 heteroatoms. The van der Waals surface area contributed by atoms with Crippen LogP contribution in [0.5, 0.6) is 0 Å². The minimum absolute atomic E-state index is 0.0177. The summed E-state index contributed by atoms with van der Waals surface area (Å²) < 4.78 is 0. The number of aromatic nitrogens is 1. The predicted octanol–water partition coefficient (Wildman–Crippen LogP) is 3.41. The van der Waals surface area contributed by atoms with Crippen molar-refractivity contribution < 1.29 is 4.79 Å². The first kappa shape index (κ1) is 16.1. The minimum atomic E-state index is -0.0177. The van der Waals surface area contributed by atoms with Crippen molar-refractivity contribution in [1.82, 2.24) is 15.2 Å². The Hall–Kier alpha value is -1.72. The molecular formula is C18H23N3OS. The normalized spacial score (nSPS) is 16.9. The van der Waals surface area contributed by atoms with Crippen molar-refractivity contribution in [1.29, 1.82) is 0 Å². The summed E-state index contributed by atoms with van der Waals surface area (Å²) >= 11 is 1.40. The number of nitrogens with one attached hydrogen (secondary N) is 1. The smallest absolute Gasteiger partial charge is 0.263 e. The summed E-state index contributed by atoms with van der Waals surface area (Å²) in [5.74, 6) is -0.0177. The molecule has 0 radical (unpaired) electrons. The second-order valence-corrected chi connectivity index (χ2v) is 6.99. The van der Waals surface area contributed by atoms with Gasteiger partial charge in [0, 0.05) is 18.2 Å². The summed E-state index contributed by atoms with van der Waals surface area (Å²) in [5, 5.41) is 3.13. The van der Waals surface area contributed by atoms with Gasteiger partial charge in [-0.3, -0.25) is 4.79 Å². The summed E-state index contributed by atoms with van der Waals surface area (Å²) in [4.78, 5) is 20.1. The van der Waals surface area contributed by atoms with Crippen LogP contribution >= 0.6 is 11.3 Å². The van der Waals surface area contributed by atoms with Gasteiger partial charge in [-0.25, -0.2) is 4.98 Å². The van der Waals surface area contributed by atoms with E-state index >= 15 is 0 Å². The largest absolute Gasteiger partial charge is 0.348 e. The van der Waals surface area contributed by atoms with E-state index in [1.54, 1.807) is 5.51 Å². The molecule has 1 amide bonds. The summed E-state index contributed by atoms with van der Waals surface area (Å²) in [6.45, 7) is 5.30. The van der Waals surface area contributed by atoms with Gasteiger partial charge in [0.1, 0.15) is 4.88 Å². The molecule has 1 aliphatic rings. The second-order valence-electron chi connectivity index (χ2n) is 6.13. The zero-order chi connectivity index (χ0) is 16.1. The Morgan fingerprint density at radius 1 is 1.26 bits per heavy atom. The Labute approximate surface area is 141 Å². The molecule has 4 nitrogen and oxygen atoms in total. The molecule has 23 heavy (non-hydrogen) atoms. The fraction of sp³-hybridized carbons (Fsp3) is 0.444. The van der Waals surface area contributed by atoms with Crippen LogP contribution in [0.3, 0.4) is 0 Å². The van der Waals surface area contributed by atoms with Crippen molar-refractivity contribution in [2.75, 3.05) is 19.6 Å². The molecule has 0 spiro atoms. The van der Waals surface area contributed by atoms with Crippen LogP contribution in [-0.4, -0.2) is 41.5 Å². The number of carbonyl (C=O) groups excluding carboxylic acids is 1. The number of amides is 1. The number of nitrogens with zero attached hydrogens (tertiary/aromatic N) is 2. The second kappa shape index (κ2) is 7.70. The van der Waals surface area contributed by atoms with Gasteiger partial charge in [-0.05, 0) is 32.9 Å². The Morgan fingerprint density at radius 3 is 2.74 bits per heavy atom. The first-order valence-corrected chi connectivity index (χ1v) is 9.14. The van der Waals surface area contributed by atoms with E-state index in [1.165, 1.54) is 30.6 Å². The fourth-order valence-electron chi connectivity index (χ4n) is 3.07. The van der Waals surface area contributed by atoms with E-state index in [4.69, 9.17) is 0 Å². The van der Waals surface area contributed by atoms with Crippen molar-refractivity contribution in [3.05, 3.63) is 40.7 Å². The van der Waals surface area contributed by atoms with Gasteiger partial charge >= 0.3 is 0 Å². The molecule has 1 aromatic carbocycles. The van der Waals surface area contributed by atoms with E-state index in [9.17, 15) is 4.79 Å². The molecule has 122 valence electrons. The van der Waals surface area contributed by atoms with Gasteiger partial charge < -0.3 is 10.2 Å². The fourth-order valence-corrected chi connectivity index (χ4v) is 3.78. The number of rotatable bonds is 5. The minimum Gasteiger partial charge on any atom is -0.348 e. The highest BCUT2D eigenvalue weighted by Gasteiger charge is 2.19. The standard InChI is InChI=1S/C18H23N3OS/c1-14(12-21-10-6-3-7-11-21)20-18(22)17-16(19-13-23-17)15-8-4-2-5-9-15/h2,4-5,8-9,13-14H,3,6-7,10-12H2,1H3,(H,20,22)/t14-/m1/s1. The lowest BCUT2D eigenvalue weighted by Crippen LogP contribution is -2.43. The van der Waals surface area contributed by atoms with E-state index in [1.807, 2.05) is 30.3 Å². The maximum Gasteiger partial charge on any atom is 0.263 e. The third kappa shape index (κ3) is 4.18. The van der Waals surface area contributed by atoms with Crippen LogP contribution in [-0.2, 0) is 0 Å². The topological polar surface area (TPSA) is 45.2 Å². The highest BCUT2D eigenvalue weighted by molar-refractivity contribution is 7.12. The molecule has 0 unspecified atom stereocenters. The molecule has 2 aromatic rings. The number of thiazole rings is 1. The van der Waals surface area contributed by atoms with Crippen LogP contribution in [0, 0.1) is 0 Å². The van der Waals surface area contributed by atoms with Crippen molar-refractivity contribution in [2.45, 2.75) is 32.2 Å². The number of likely N-dealkylation sites (tertiary alicyclic amines) is 1. The molecule has 1 atom stereocenters. The highest BCUT2D eigenvalue weighted by atomic mass is 32.1. The highest BCUT2D eigenvalue weighted by Crippen LogP contribution is 2.25. The summed E-state index contributed by atoms with van der Waals surface area (Å²) in [5.41, 5.74) is 3.51. The zero-order valence-corrected chi connectivity index (χ0v) is 14.3. The van der Waals surface area contributed by atoms with Crippen LogP contribution in [0.1, 0.15) is 35.9 Å². The van der Waals surface area contributed by atoms with E-state index in [0.717, 1.165) is 30.9 Å². The summed E-state index contributed by atoms with van der Waals surface area (Å²) in [7, 11) is 0. The van der Waals surface area contributed by atoms with E-state index < -0.39 is 0 Å². The number of carbonyl (C=O) groups is 1. The molecule has 1 N–H and O–H groups in total. The number of hydrogen-bond donors (Lipinski definition) is 1. The molecule has 0 saturated carbocycles. The molecule has 1 saturated heterocycles. The molecular weight excluding hydrogens is 306 g/mol. The predicted molar refractivity (Wildman–Crippen MR) is 94.8 cm³/mol. The van der Waals surface area contributed by atoms with Crippen molar-refractivity contribution in [3.63, 3.8) is 0 Å². The van der Waals surface area contributed by atoms with Crippen LogP contribution in [0.15, 0.2) is 35.8 Å². The molecule has 0 bridgehead atoms. The van der Waals surface area contributed by atoms with E-state index in [0.29, 0.717) is 4.88 Å². The third-order valence-electron chi connectivity index (χ3n) is 4.18. The molecule has 0 aliphatic carbocycles. The Balaban J connectivity index is 1.63. The lowest BCUT2D eigenvalue weighted by Gasteiger charge is -2.29. The van der Waals surface area contributed by atoms with Gasteiger partial charge in [0.25, 0.3) is 5.91 Å². The zero-order valence-electron chi connectivity index (χ0n) is 13.5. The molecule has 2 heterocycles. The molecule has 3 rings (SSSR count). The average molecular weight is 329 g/mol. The van der Waals surface area contributed by atoms with Gasteiger partial charge in [-0.1, -0.05) is 36.8 Å². The quantitative estimate of drug-likeness (QED) is 0.914. The molecule has 1 fully saturated rings. The van der Waals surface area contributed by atoms with E-state index in [-0.39, 0.29) is 11.9 Å². The number of benzene rings is 1. The SMILES string of the molecule is C[C@H](CN1CCCCC1)NC(=O)c1scnc1-c1ccccc1. The van der Waals surface area contributed by atoms with Crippen LogP contribution in [0.2, 0.25) is 0 Å².